The summed E-state index contributed by atoms with van der Waals surface area (Å²) in [6.07, 6.45) is 2.75. The van der Waals surface area contributed by atoms with Crippen molar-refractivity contribution in [1.29, 1.82) is 0 Å². The van der Waals surface area contributed by atoms with Crippen LogP contribution >= 0.6 is 23.2 Å². The Bertz CT molecular complexity index is 565. The maximum atomic E-state index is 12.4. The summed E-state index contributed by atoms with van der Waals surface area (Å²) in [6, 6.07) is 5.01. The predicted molar refractivity (Wildman–Crippen MR) is 98.0 cm³/mol. The molecular formula is C17H24Cl2N2O3. The van der Waals surface area contributed by atoms with Gasteiger partial charge in [0.15, 0.2) is 0 Å². The Balaban J connectivity index is 2.62. The third-order valence-electron chi connectivity index (χ3n) is 3.40. The van der Waals surface area contributed by atoms with Crippen LogP contribution in [0.3, 0.4) is 0 Å². The second-order valence-electron chi connectivity index (χ2n) is 5.54. The molecule has 0 bridgehead atoms. The van der Waals surface area contributed by atoms with Crippen LogP contribution in [0.5, 0.6) is 0 Å². The second-order valence-corrected chi connectivity index (χ2v) is 6.36. The third-order valence-corrected chi connectivity index (χ3v) is 4.14. The zero-order valence-corrected chi connectivity index (χ0v) is 15.9. The van der Waals surface area contributed by atoms with Crippen molar-refractivity contribution >= 4 is 40.9 Å². The molecule has 7 heteroatoms. The van der Waals surface area contributed by atoms with Crippen molar-refractivity contribution in [3.05, 3.63) is 28.2 Å². The number of benzene rings is 1. The van der Waals surface area contributed by atoms with Crippen LogP contribution in [0.25, 0.3) is 0 Å². The molecule has 0 saturated carbocycles. The van der Waals surface area contributed by atoms with E-state index in [0.717, 1.165) is 19.3 Å². The van der Waals surface area contributed by atoms with Crippen LogP contribution in [0.1, 0.15) is 32.6 Å². The Labute approximate surface area is 153 Å². The number of carbonyl (C=O) groups excluding carboxylic acids is 2. The molecule has 2 amide bonds. The lowest BCUT2D eigenvalue weighted by Crippen LogP contribution is -2.40. The van der Waals surface area contributed by atoms with E-state index in [4.69, 9.17) is 27.9 Å². The number of rotatable bonds is 8. The van der Waals surface area contributed by atoms with E-state index in [1.54, 1.807) is 44.1 Å². The monoisotopic (exact) mass is 374 g/mol. The van der Waals surface area contributed by atoms with Gasteiger partial charge in [0.25, 0.3) is 0 Å². The highest BCUT2D eigenvalue weighted by molar-refractivity contribution is 6.42. The summed E-state index contributed by atoms with van der Waals surface area (Å²) < 4.78 is 4.90. The highest BCUT2D eigenvalue weighted by Gasteiger charge is 2.18. The summed E-state index contributed by atoms with van der Waals surface area (Å²) in [5.74, 6) is -0.178. The van der Waals surface area contributed by atoms with Crippen LogP contribution in [-0.2, 0) is 9.53 Å². The molecule has 0 unspecified atom stereocenters. The van der Waals surface area contributed by atoms with E-state index in [-0.39, 0.29) is 12.0 Å². The average Bonchev–Trinajstić information content (AvgIpc) is 2.53. The minimum atomic E-state index is -0.178. The van der Waals surface area contributed by atoms with E-state index in [9.17, 15) is 9.59 Å². The first-order valence-electron chi connectivity index (χ1n) is 7.96. The molecule has 0 saturated heterocycles. The number of anilines is 1. The van der Waals surface area contributed by atoms with Gasteiger partial charge in [0, 0.05) is 32.7 Å². The van der Waals surface area contributed by atoms with Crippen molar-refractivity contribution in [1.82, 2.24) is 4.90 Å². The van der Waals surface area contributed by atoms with Gasteiger partial charge in [-0.3, -0.25) is 9.69 Å². The normalized spacial score (nSPS) is 10.4. The molecule has 0 fully saturated rings. The topological polar surface area (TPSA) is 49.9 Å². The molecule has 0 atom stereocenters. The van der Waals surface area contributed by atoms with Crippen LogP contribution in [0.2, 0.25) is 10.0 Å². The number of nitrogens with zero attached hydrogens (tertiary/aromatic N) is 2. The number of urea groups is 1. The maximum absolute atomic E-state index is 12.4. The Morgan fingerprint density at radius 3 is 2.38 bits per heavy atom. The van der Waals surface area contributed by atoms with Crippen LogP contribution < -0.4 is 4.90 Å². The second kappa shape index (κ2) is 10.4. The van der Waals surface area contributed by atoms with Crippen LogP contribution in [0.4, 0.5) is 10.5 Å². The Morgan fingerprint density at radius 2 is 1.79 bits per heavy atom. The molecule has 0 aliphatic heterocycles. The lowest BCUT2D eigenvalue weighted by molar-refractivity contribution is -0.143. The summed E-state index contributed by atoms with van der Waals surface area (Å²) in [5.41, 5.74) is 0.702. The highest BCUT2D eigenvalue weighted by Crippen LogP contribution is 2.28. The zero-order chi connectivity index (χ0) is 18.1. The molecule has 0 aliphatic rings. The summed E-state index contributed by atoms with van der Waals surface area (Å²) in [7, 11) is 3.40. The standard InChI is InChI=1S/C17H24Cl2N2O3/c1-4-24-16(22)8-6-5-7-11-21(17(23)20(2)3)13-9-10-14(18)15(19)12-13/h9-10,12H,4-8,11H2,1-3H3. The maximum Gasteiger partial charge on any atom is 0.323 e. The smallest absolute Gasteiger partial charge is 0.323 e. The van der Waals surface area contributed by atoms with Gasteiger partial charge < -0.3 is 9.64 Å². The molecule has 0 radical (unpaired) electrons. The summed E-state index contributed by atoms with van der Waals surface area (Å²) >= 11 is 12.0. The molecule has 134 valence electrons. The molecule has 0 aromatic heterocycles. The number of hydrogen-bond acceptors (Lipinski definition) is 3. The molecule has 24 heavy (non-hydrogen) atoms. The van der Waals surface area contributed by atoms with E-state index in [2.05, 4.69) is 0 Å². The molecule has 1 aromatic carbocycles. The van der Waals surface area contributed by atoms with E-state index >= 15 is 0 Å². The molecule has 1 aromatic rings. The van der Waals surface area contributed by atoms with Gasteiger partial charge in [-0.2, -0.15) is 0 Å². The molecule has 0 aliphatic carbocycles. The number of hydrogen-bond donors (Lipinski definition) is 0. The fourth-order valence-electron chi connectivity index (χ4n) is 2.18. The lowest BCUT2D eigenvalue weighted by atomic mass is 10.2. The third kappa shape index (κ3) is 6.57. The molecule has 0 heterocycles. The van der Waals surface area contributed by atoms with Crippen molar-refractivity contribution in [3.63, 3.8) is 0 Å². The quantitative estimate of drug-likeness (QED) is 0.493. The van der Waals surface area contributed by atoms with Gasteiger partial charge in [-0.1, -0.05) is 29.6 Å². The van der Waals surface area contributed by atoms with Crippen molar-refractivity contribution in [2.45, 2.75) is 32.6 Å². The van der Waals surface area contributed by atoms with Crippen molar-refractivity contribution in [2.24, 2.45) is 0 Å². The molecule has 1 rings (SSSR count). The van der Waals surface area contributed by atoms with E-state index in [1.807, 2.05) is 0 Å². The predicted octanol–water partition coefficient (Wildman–Crippen LogP) is 4.60. The van der Waals surface area contributed by atoms with Crippen molar-refractivity contribution < 1.29 is 14.3 Å². The minimum absolute atomic E-state index is 0.126. The number of halogens is 2. The Hall–Kier alpha value is -1.46. The van der Waals surface area contributed by atoms with Crippen LogP contribution in [0, 0.1) is 0 Å². The summed E-state index contributed by atoms with van der Waals surface area (Å²) in [5, 5.41) is 0.861. The van der Waals surface area contributed by atoms with Crippen molar-refractivity contribution in [2.75, 3.05) is 32.1 Å². The summed E-state index contributed by atoms with van der Waals surface area (Å²) in [6.45, 7) is 2.74. The van der Waals surface area contributed by atoms with E-state index in [1.165, 1.54) is 4.90 Å². The van der Waals surface area contributed by atoms with Crippen molar-refractivity contribution in [3.8, 4) is 0 Å². The Kier molecular flexibility index (Phi) is 8.93. The van der Waals surface area contributed by atoms with E-state index in [0.29, 0.717) is 35.3 Å². The summed E-state index contributed by atoms with van der Waals surface area (Å²) in [4.78, 5) is 26.9. The van der Waals surface area contributed by atoms with Crippen LogP contribution in [0.15, 0.2) is 18.2 Å². The highest BCUT2D eigenvalue weighted by atomic mass is 35.5. The van der Waals surface area contributed by atoms with Crippen LogP contribution in [-0.4, -0.2) is 44.1 Å². The minimum Gasteiger partial charge on any atom is -0.466 e. The molecule has 0 N–H and O–H groups in total. The average molecular weight is 375 g/mol. The first-order valence-corrected chi connectivity index (χ1v) is 8.72. The van der Waals surface area contributed by atoms with E-state index < -0.39 is 0 Å². The fourth-order valence-corrected chi connectivity index (χ4v) is 2.47. The van der Waals surface area contributed by atoms with Gasteiger partial charge in [-0.25, -0.2) is 4.79 Å². The zero-order valence-electron chi connectivity index (χ0n) is 14.3. The van der Waals surface area contributed by atoms with Gasteiger partial charge >= 0.3 is 12.0 Å². The van der Waals surface area contributed by atoms with Gasteiger partial charge in [0.2, 0.25) is 0 Å². The molecule has 0 spiro atoms. The lowest BCUT2D eigenvalue weighted by Gasteiger charge is -2.26. The first kappa shape index (κ1) is 20.6. The Morgan fingerprint density at radius 1 is 1.08 bits per heavy atom. The van der Waals surface area contributed by atoms with Gasteiger partial charge in [0.05, 0.1) is 16.7 Å². The van der Waals surface area contributed by atoms with Gasteiger partial charge in [-0.15, -0.1) is 0 Å². The SMILES string of the molecule is CCOC(=O)CCCCCN(C(=O)N(C)C)c1ccc(Cl)c(Cl)c1. The largest absolute Gasteiger partial charge is 0.466 e. The fraction of sp³-hybridized carbons (Fsp3) is 0.529. The van der Waals surface area contributed by atoms with Gasteiger partial charge in [-0.05, 0) is 38.0 Å². The first-order chi connectivity index (χ1) is 11.4. The number of amides is 2. The molecule has 5 nitrogen and oxygen atoms in total. The molecular weight excluding hydrogens is 351 g/mol. The van der Waals surface area contributed by atoms with Gasteiger partial charge in [0.1, 0.15) is 0 Å². The number of unbranched alkanes of at least 4 members (excludes halogenated alkanes) is 2. The number of esters is 1. The number of ether oxygens (including phenoxy) is 1. The number of carbonyl (C=O) groups is 2.